The number of thiocarbonyl (C=S) groups is 1. The molecular formula is C13H19N3OS. The molecule has 98 valence electrons. The largest absolute Gasteiger partial charge is 0.362 e. The van der Waals surface area contributed by atoms with Crippen LogP contribution in [0.4, 0.5) is 5.69 Å². The van der Waals surface area contributed by atoms with E-state index in [-0.39, 0.29) is 5.91 Å². The van der Waals surface area contributed by atoms with Gasteiger partial charge in [-0.05, 0) is 37.7 Å². The molecule has 0 fully saturated rings. The fourth-order valence-electron chi connectivity index (χ4n) is 1.37. The van der Waals surface area contributed by atoms with E-state index in [0.29, 0.717) is 11.7 Å². The number of aryl methyl sites for hydroxylation is 1. The normalized spacial score (nSPS) is 9.67. The number of anilines is 1. The van der Waals surface area contributed by atoms with Crippen molar-refractivity contribution < 1.29 is 4.79 Å². The summed E-state index contributed by atoms with van der Waals surface area (Å²) in [5, 5.41) is 9.52. The second kappa shape index (κ2) is 7.66. The van der Waals surface area contributed by atoms with Crippen molar-refractivity contribution in [3.63, 3.8) is 0 Å². The summed E-state index contributed by atoms with van der Waals surface area (Å²) in [5.74, 6) is -0.00430. The van der Waals surface area contributed by atoms with Gasteiger partial charge in [0.15, 0.2) is 5.11 Å². The zero-order valence-electron chi connectivity index (χ0n) is 10.7. The fourth-order valence-corrected chi connectivity index (χ4v) is 1.59. The zero-order valence-corrected chi connectivity index (χ0v) is 11.6. The van der Waals surface area contributed by atoms with Gasteiger partial charge < -0.3 is 16.0 Å². The Morgan fingerprint density at radius 2 is 1.78 bits per heavy atom. The molecule has 5 heteroatoms. The molecule has 0 saturated carbocycles. The number of carbonyl (C=O) groups is 1. The molecule has 0 aliphatic heterocycles. The molecular weight excluding hydrogens is 246 g/mol. The Balaban J connectivity index is 2.17. The van der Waals surface area contributed by atoms with Crippen LogP contribution in [0.5, 0.6) is 0 Å². The average Bonchev–Trinajstić information content (AvgIpc) is 2.31. The molecule has 1 amide bonds. The van der Waals surface area contributed by atoms with Crippen LogP contribution in [0.1, 0.15) is 18.9 Å². The third kappa shape index (κ3) is 6.20. The van der Waals surface area contributed by atoms with Gasteiger partial charge in [0.05, 0.1) is 0 Å². The number of hydrogen-bond acceptors (Lipinski definition) is 2. The Morgan fingerprint density at radius 3 is 2.39 bits per heavy atom. The maximum Gasteiger partial charge on any atom is 0.216 e. The first-order valence-electron chi connectivity index (χ1n) is 5.94. The smallest absolute Gasteiger partial charge is 0.216 e. The molecule has 3 N–H and O–H groups in total. The Labute approximate surface area is 113 Å². The first-order valence-corrected chi connectivity index (χ1v) is 6.34. The third-order valence-electron chi connectivity index (χ3n) is 2.32. The van der Waals surface area contributed by atoms with Crippen molar-refractivity contribution in [3.05, 3.63) is 29.8 Å². The van der Waals surface area contributed by atoms with Crippen LogP contribution >= 0.6 is 12.2 Å². The zero-order chi connectivity index (χ0) is 13.4. The molecule has 0 radical (unpaired) electrons. The highest BCUT2D eigenvalue weighted by molar-refractivity contribution is 7.80. The van der Waals surface area contributed by atoms with Gasteiger partial charge in [0.2, 0.25) is 5.91 Å². The molecule has 0 unspecified atom stereocenters. The monoisotopic (exact) mass is 265 g/mol. The summed E-state index contributed by atoms with van der Waals surface area (Å²) in [6.45, 7) is 4.95. The maximum atomic E-state index is 10.6. The Morgan fingerprint density at radius 1 is 1.17 bits per heavy atom. The lowest BCUT2D eigenvalue weighted by Crippen LogP contribution is -2.31. The van der Waals surface area contributed by atoms with E-state index < -0.39 is 0 Å². The molecule has 1 rings (SSSR count). The van der Waals surface area contributed by atoms with Crippen molar-refractivity contribution in [1.82, 2.24) is 10.6 Å². The minimum atomic E-state index is -0.00430. The van der Waals surface area contributed by atoms with Crippen molar-refractivity contribution in [2.75, 3.05) is 18.4 Å². The van der Waals surface area contributed by atoms with Gasteiger partial charge in [-0.1, -0.05) is 17.7 Å². The molecule has 0 aromatic heterocycles. The first kappa shape index (κ1) is 14.4. The van der Waals surface area contributed by atoms with Gasteiger partial charge in [0, 0.05) is 25.7 Å². The van der Waals surface area contributed by atoms with Gasteiger partial charge >= 0.3 is 0 Å². The van der Waals surface area contributed by atoms with Crippen molar-refractivity contribution in [1.29, 1.82) is 0 Å². The maximum absolute atomic E-state index is 10.6. The summed E-state index contributed by atoms with van der Waals surface area (Å²) in [7, 11) is 0. The molecule has 0 heterocycles. The molecule has 0 aliphatic rings. The van der Waals surface area contributed by atoms with Crippen LogP contribution in [-0.2, 0) is 4.79 Å². The molecule has 18 heavy (non-hydrogen) atoms. The number of nitrogens with one attached hydrogen (secondary N) is 3. The fraction of sp³-hybridized carbons (Fsp3) is 0.385. The molecule has 1 aromatic rings. The van der Waals surface area contributed by atoms with Crippen molar-refractivity contribution >= 4 is 28.9 Å². The molecule has 0 atom stereocenters. The van der Waals surface area contributed by atoms with Crippen LogP contribution in [0.25, 0.3) is 0 Å². The van der Waals surface area contributed by atoms with E-state index in [2.05, 4.69) is 16.0 Å². The molecule has 0 spiro atoms. The van der Waals surface area contributed by atoms with E-state index >= 15 is 0 Å². The van der Waals surface area contributed by atoms with Crippen molar-refractivity contribution in [2.45, 2.75) is 20.3 Å². The Hall–Kier alpha value is -1.62. The summed E-state index contributed by atoms with van der Waals surface area (Å²) < 4.78 is 0. The number of carbonyl (C=O) groups excluding carboxylic acids is 1. The highest BCUT2D eigenvalue weighted by Crippen LogP contribution is 2.07. The number of benzene rings is 1. The Bertz CT molecular complexity index is 403. The van der Waals surface area contributed by atoms with E-state index in [0.717, 1.165) is 18.7 Å². The van der Waals surface area contributed by atoms with Gasteiger partial charge in [0.25, 0.3) is 0 Å². The lowest BCUT2D eigenvalue weighted by atomic mass is 10.2. The standard InChI is InChI=1S/C13H19N3OS/c1-10-4-6-12(7-5-10)16-13(18)15-9-3-8-14-11(2)17/h4-7H,3,8-9H2,1-2H3,(H,14,17)(H2,15,16,18). The van der Waals surface area contributed by atoms with Crippen LogP contribution in [-0.4, -0.2) is 24.1 Å². The predicted octanol–water partition coefficient (Wildman–Crippen LogP) is 1.81. The third-order valence-corrected chi connectivity index (χ3v) is 2.57. The van der Waals surface area contributed by atoms with Crippen molar-refractivity contribution in [3.8, 4) is 0 Å². The Kier molecular flexibility index (Phi) is 6.14. The minimum Gasteiger partial charge on any atom is -0.362 e. The highest BCUT2D eigenvalue weighted by Gasteiger charge is 1.97. The second-order valence-electron chi connectivity index (χ2n) is 4.08. The lowest BCUT2D eigenvalue weighted by molar-refractivity contribution is -0.118. The van der Waals surface area contributed by atoms with E-state index in [9.17, 15) is 4.79 Å². The van der Waals surface area contributed by atoms with E-state index in [4.69, 9.17) is 12.2 Å². The second-order valence-corrected chi connectivity index (χ2v) is 4.49. The summed E-state index contributed by atoms with van der Waals surface area (Å²) in [6.07, 6.45) is 0.843. The number of amides is 1. The lowest BCUT2D eigenvalue weighted by Gasteiger charge is -2.10. The number of rotatable bonds is 5. The van der Waals surface area contributed by atoms with Gasteiger partial charge in [-0.15, -0.1) is 0 Å². The van der Waals surface area contributed by atoms with Gasteiger partial charge in [0.1, 0.15) is 0 Å². The highest BCUT2D eigenvalue weighted by atomic mass is 32.1. The van der Waals surface area contributed by atoms with E-state index in [1.54, 1.807) is 0 Å². The van der Waals surface area contributed by atoms with Gasteiger partial charge in [-0.3, -0.25) is 4.79 Å². The summed E-state index contributed by atoms with van der Waals surface area (Å²) in [6, 6.07) is 8.03. The molecule has 0 bridgehead atoms. The molecule has 0 aliphatic carbocycles. The topological polar surface area (TPSA) is 53.2 Å². The van der Waals surface area contributed by atoms with Crippen molar-refractivity contribution in [2.24, 2.45) is 0 Å². The van der Waals surface area contributed by atoms with Crippen LogP contribution < -0.4 is 16.0 Å². The van der Waals surface area contributed by atoms with Crippen LogP contribution in [0.3, 0.4) is 0 Å². The average molecular weight is 265 g/mol. The predicted molar refractivity (Wildman–Crippen MR) is 78.7 cm³/mol. The molecule has 0 saturated heterocycles. The number of hydrogen-bond donors (Lipinski definition) is 3. The summed E-state index contributed by atoms with van der Waals surface area (Å²) >= 11 is 5.16. The molecule has 1 aromatic carbocycles. The van der Waals surface area contributed by atoms with Crippen LogP contribution in [0, 0.1) is 6.92 Å². The van der Waals surface area contributed by atoms with Crippen LogP contribution in [0.2, 0.25) is 0 Å². The quantitative estimate of drug-likeness (QED) is 0.561. The van der Waals surface area contributed by atoms with Crippen LogP contribution in [0.15, 0.2) is 24.3 Å². The SMILES string of the molecule is CC(=O)NCCCNC(=S)Nc1ccc(C)cc1. The van der Waals surface area contributed by atoms with Gasteiger partial charge in [-0.2, -0.15) is 0 Å². The summed E-state index contributed by atoms with van der Waals surface area (Å²) in [5.41, 5.74) is 2.19. The molecule has 4 nitrogen and oxygen atoms in total. The van der Waals surface area contributed by atoms with E-state index in [1.165, 1.54) is 12.5 Å². The first-order chi connectivity index (χ1) is 8.58. The van der Waals surface area contributed by atoms with Gasteiger partial charge in [-0.25, -0.2) is 0 Å². The minimum absolute atomic E-state index is 0.00430. The summed E-state index contributed by atoms with van der Waals surface area (Å²) in [4.78, 5) is 10.6. The van der Waals surface area contributed by atoms with E-state index in [1.807, 2.05) is 31.2 Å².